The lowest BCUT2D eigenvalue weighted by Crippen LogP contribution is -2.30. The number of nitrogens with one attached hydrogen (secondary N) is 1. The Hall–Kier alpha value is -1.36. The predicted molar refractivity (Wildman–Crippen MR) is 82.8 cm³/mol. The van der Waals surface area contributed by atoms with Crippen LogP contribution >= 0.6 is 11.6 Å². The fraction of sp³-hybridized carbons (Fsp3) is 0.400. The van der Waals surface area contributed by atoms with Gasteiger partial charge >= 0.3 is 0 Å². The summed E-state index contributed by atoms with van der Waals surface area (Å²) in [6.45, 7) is 1.70. The zero-order chi connectivity index (χ0) is 14.5. The van der Waals surface area contributed by atoms with Gasteiger partial charge < -0.3 is 10.2 Å². The van der Waals surface area contributed by atoms with Gasteiger partial charge in [-0.1, -0.05) is 23.7 Å². The molecule has 1 heterocycles. The lowest BCUT2D eigenvalue weighted by molar-refractivity contribution is 0.288. The Kier molecular flexibility index (Phi) is 5.17. The first-order valence-electron chi connectivity index (χ1n) is 6.66. The Balaban J connectivity index is 1.94. The zero-order valence-electron chi connectivity index (χ0n) is 12.2. The van der Waals surface area contributed by atoms with Crippen molar-refractivity contribution >= 4 is 11.6 Å². The second-order valence-corrected chi connectivity index (χ2v) is 5.62. The first kappa shape index (κ1) is 15.0. The Bertz CT molecular complexity index is 533. The molecule has 1 unspecified atom stereocenters. The number of hydrogen-bond acceptors (Lipinski definition) is 3. The van der Waals surface area contributed by atoms with Crippen LogP contribution in [0.3, 0.4) is 0 Å². The van der Waals surface area contributed by atoms with E-state index in [1.807, 2.05) is 36.3 Å². The van der Waals surface area contributed by atoms with E-state index in [-0.39, 0.29) is 0 Å². The molecule has 0 fully saturated rings. The van der Waals surface area contributed by atoms with Gasteiger partial charge in [-0.25, -0.2) is 0 Å². The third-order valence-corrected chi connectivity index (χ3v) is 3.56. The van der Waals surface area contributed by atoms with E-state index in [1.54, 1.807) is 0 Å². The van der Waals surface area contributed by atoms with Gasteiger partial charge in [0.05, 0.1) is 6.20 Å². The standard InChI is InChI=1S/C15H21ClN4/c1-19(2)15(13-4-6-14(16)7-5-13)10-17-8-12-9-18-20(3)11-12/h4-7,9,11,15,17H,8,10H2,1-3H3. The minimum Gasteiger partial charge on any atom is -0.311 e. The van der Waals surface area contributed by atoms with Crippen molar-refractivity contribution in [2.24, 2.45) is 7.05 Å². The molecule has 0 spiro atoms. The van der Waals surface area contributed by atoms with E-state index >= 15 is 0 Å². The molecule has 0 saturated carbocycles. The maximum absolute atomic E-state index is 5.94. The Morgan fingerprint density at radius 1 is 1.30 bits per heavy atom. The third-order valence-electron chi connectivity index (χ3n) is 3.30. The van der Waals surface area contributed by atoms with E-state index < -0.39 is 0 Å². The van der Waals surface area contributed by atoms with E-state index in [0.717, 1.165) is 18.1 Å². The molecule has 0 amide bonds. The first-order chi connectivity index (χ1) is 9.56. The van der Waals surface area contributed by atoms with Gasteiger partial charge in [-0.3, -0.25) is 4.68 Å². The summed E-state index contributed by atoms with van der Waals surface area (Å²) in [4.78, 5) is 2.21. The molecule has 108 valence electrons. The molecule has 5 heteroatoms. The molecule has 0 bridgehead atoms. The van der Waals surface area contributed by atoms with Crippen molar-refractivity contribution in [3.8, 4) is 0 Å². The van der Waals surface area contributed by atoms with E-state index in [4.69, 9.17) is 11.6 Å². The van der Waals surface area contributed by atoms with Gasteiger partial charge in [-0.15, -0.1) is 0 Å². The fourth-order valence-corrected chi connectivity index (χ4v) is 2.33. The molecule has 0 saturated heterocycles. The van der Waals surface area contributed by atoms with Gasteiger partial charge in [0.25, 0.3) is 0 Å². The van der Waals surface area contributed by atoms with Crippen LogP contribution in [-0.4, -0.2) is 35.3 Å². The largest absolute Gasteiger partial charge is 0.311 e. The van der Waals surface area contributed by atoms with Gasteiger partial charge in [0.1, 0.15) is 0 Å². The SMILES string of the molecule is CN(C)C(CNCc1cnn(C)c1)c1ccc(Cl)cc1. The molecule has 4 nitrogen and oxygen atoms in total. The van der Waals surface area contributed by atoms with Crippen molar-refractivity contribution in [3.05, 3.63) is 52.8 Å². The summed E-state index contributed by atoms with van der Waals surface area (Å²) < 4.78 is 1.82. The van der Waals surface area contributed by atoms with Crippen LogP contribution in [0, 0.1) is 0 Å². The highest BCUT2D eigenvalue weighted by Crippen LogP contribution is 2.19. The van der Waals surface area contributed by atoms with Gasteiger partial charge in [-0.2, -0.15) is 5.10 Å². The van der Waals surface area contributed by atoms with Crippen LogP contribution in [-0.2, 0) is 13.6 Å². The molecule has 1 N–H and O–H groups in total. The third kappa shape index (κ3) is 4.07. The molecule has 1 aromatic carbocycles. The van der Waals surface area contributed by atoms with E-state index in [0.29, 0.717) is 6.04 Å². The number of nitrogens with zero attached hydrogens (tertiary/aromatic N) is 3. The Morgan fingerprint density at radius 3 is 2.55 bits per heavy atom. The maximum atomic E-state index is 5.94. The molecule has 0 radical (unpaired) electrons. The quantitative estimate of drug-likeness (QED) is 0.888. The summed E-state index contributed by atoms with van der Waals surface area (Å²) in [5.74, 6) is 0. The summed E-state index contributed by atoms with van der Waals surface area (Å²) in [7, 11) is 6.11. The van der Waals surface area contributed by atoms with Crippen molar-refractivity contribution in [2.45, 2.75) is 12.6 Å². The minimum atomic E-state index is 0.323. The molecule has 2 rings (SSSR count). The highest BCUT2D eigenvalue weighted by atomic mass is 35.5. The average Bonchev–Trinajstić information content (AvgIpc) is 2.81. The normalized spacial score (nSPS) is 12.8. The molecule has 0 aliphatic carbocycles. The van der Waals surface area contributed by atoms with Crippen LogP contribution in [0.2, 0.25) is 5.02 Å². The molecule has 1 aromatic heterocycles. The van der Waals surface area contributed by atoms with Crippen LogP contribution in [0.1, 0.15) is 17.2 Å². The van der Waals surface area contributed by atoms with Crippen molar-refractivity contribution in [1.82, 2.24) is 20.0 Å². The summed E-state index contributed by atoms with van der Waals surface area (Å²) in [5.41, 5.74) is 2.46. The van der Waals surface area contributed by atoms with Crippen molar-refractivity contribution < 1.29 is 0 Å². The summed E-state index contributed by atoms with van der Waals surface area (Å²) in [6.07, 6.45) is 3.92. The fourth-order valence-electron chi connectivity index (χ4n) is 2.20. The average molecular weight is 293 g/mol. The summed E-state index contributed by atoms with van der Waals surface area (Å²) in [5, 5.41) is 8.42. The predicted octanol–water partition coefficient (Wildman–Crippen LogP) is 2.47. The molecule has 1 atom stereocenters. The second-order valence-electron chi connectivity index (χ2n) is 5.18. The molecule has 20 heavy (non-hydrogen) atoms. The number of aryl methyl sites for hydroxylation is 1. The monoisotopic (exact) mass is 292 g/mol. The smallest absolute Gasteiger partial charge is 0.0534 e. The van der Waals surface area contributed by atoms with Gasteiger partial charge in [-0.05, 0) is 31.8 Å². The zero-order valence-corrected chi connectivity index (χ0v) is 12.9. The summed E-state index contributed by atoms with van der Waals surface area (Å²) >= 11 is 5.94. The van der Waals surface area contributed by atoms with Crippen LogP contribution in [0.5, 0.6) is 0 Å². The van der Waals surface area contributed by atoms with Crippen molar-refractivity contribution in [2.75, 3.05) is 20.6 Å². The minimum absolute atomic E-state index is 0.323. The topological polar surface area (TPSA) is 33.1 Å². The highest BCUT2D eigenvalue weighted by molar-refractivity contribution is 6.30. The summed E-state index contributed by atoms with van der Waals surface area (Å²) in [6, 6.07) is 8.37. The number of likely N-dealkylation sites (N-methyl/N-ethyl adjacent to an activating group) is 1. The molecular formula is C15H21ClN4. The van der Waals surface area contributed by atoms with Gasteiger partial charge in [0.15, 0.2) is 0 Å². The lowest BCUT2D eigenvalue weighted by Gasteiger charge is -2.25. The van der Waals surface area contributed by atoms with Crippen molar-refractivity contribution in [1.29, 1.82) is 0 Å². The number of hydrogen-bond donors (Lipinski definition) is 1. The lowest BCUT2D eigenvalue weighted by atomic mass is 10.1. The second kappa shape index (κ2) is 6.88. The highest BCUT2D eigenvalue weighted by Gasteiger charge is 2.13. The maximum Gasteiger partial charge on any atom is 0.0534 e. The van der Waals surface area contributed by atoms with Crippen LogP contribution in [0.15, 0.2) is 36.7 Å². The molecule has 0 aliphatic heterocycles. The molecular weight excluding hydrogens is 272 g/mol. The van der Waals surface area contributed by atoms with Gasteiger partial charge in [0, 0.05) is 43.0 Å². The number of aromatic nitrogens is 2. The number of halogens is 1. The van der Waals surface area contributed by atoms with Crippen LogP contribution < -0.4 is 5.32 Å². The Morgan fingerprint density at radius 2 is 2.00 bits per heavy atom. The van der Waals surface area contributed by atoms with E-state index in [2.05, 4.69) is 41.5 Å². The number of rotatable bonds is 6. The number of benzene rings is 1. The van der Waals surface area contributed by atoms with E-state index in [1.165, 1.54) is 11.1 Å². The molecule has 2 aromatic rings. The first-order valence-corrected chi connectivity index (χ1v) is 7.04. The Labute approximate surface area is 125 Å². The van der Waals surface area contributed by atoms with E-state index in [9.17, 15) is 0 Å². The van der Waals surface area contributed by atoms with Crippen molar-refractivity contribution in [3.63, 3.8) is 0 Å². The van der Waals surface area contributed by atoms with Crippen LogP contribution in [0.25, 0.3) is 0 Å². The van der Waals surface area contributed by atoms with Crippen LogP contribution in [0.4, 0.5) is 0 Å². The molecule has 0 aliphatic rings. The van der Waals surface area contributed by atoms with Gasteiger partial charge in [0.2, 0.25) is 0 Å².